The number of carboxylic acids is 1. The van der Waals surface area contributed by atoms with Gasteiger partial charge in [-0.1, -0.05) is 33.6 Å². The van der Waals surface area contributed by atoms with E-state index >= 15 is 0 Å². The molecule has 1 aliphatic rings. The lowest BCUT2D eigenvalue weighted by atomic mass is 9.79. The molecule has 0 bridgehead atoms. The van der Waals surface area contributed by atoms with E-state index in [9.17, 15) is 15.0 Å². The van der Waals surface area contributed by atoms with Crippen LogP contribution in [0.1, 0.15) is 59.3 Å². The summed E-state index contributed by atoms with van der Waals surface area (Å²) in [7, 11) is 0. The van der Waals surface area contributed by atoms with Gasteiger partial charge in [0, 0.05) is 0 Å². The largest absolute Gasteiger partial charge is 0.479 e. The van der Waals surface area contributed by atoms with Gasteiger partial charge in [0.1, 0.15) is 0 Å². The van der Waals surface area contributed by atoms with E-state index in [-0.39, 0.29) is 5.92 Å². The van der Waals surface area contributed by atoms with E-state index in [1.165, 1.54) is 6.42 Å². The zero-order valence-corrected chi connectivity index (χ0v) is 11.3. The third-order valence-electron chi connectivity index (χ3n) is 4.54. The Morgan fingerprint density at radius 1 is 1.29 bits per heavy atom. The van der Waals surface area contributed by atoms with Crippen molar-refractivity contribution < 1.29 is 15.0 Å². The molecule has 0 aromatic rings. The second-order valence-electron chi connectivity index (χ2n) is 5.79. The summed E-state index contributed by atoms with van der Waals surface area (Å²) in [5, 5.41) is 19.5. The molecule has 0 aromatic heterocycles. The average Bonchev–Trinajstić information content (AvgIpc) is 2.53. The van der Waals surface area contributed by atoms with E-state index in [2.05, 4.69) is 13.8 Å². The summed E-state index contributed by atoms with van der Waals surface area (Å²) >= 11 is 0. The Balaban J connectivity index is 2.70. The molecule has 0 aliphatic heterocycles. The van der Waals surface area contributed by atoms with Crippen LogP contribution in [-0.4, -0.2) is 21.8 Å². The zero-order chi connectivity index (χ0) is 13.1. The minimum atomic E-state index is -1.51. The molecule has 100 valence electrons. The van der Waals surface area contributed by atoms with Gasteiger partial charge in [0.05, 0.1) is 0 Å². The third kappa shape index (κ3) is 3.21. The molecule has 0 heterocycles. The molecule has 17 heavy (non-hydrogen) atoms. The Kier molecular flexibility index (Phi) is 4.99. The zero-order valence-electron chi connectivity index (χ0n) is 11.3. The van der Waals surface area contributed by atoms with Crippen molar-refractivity contribution in [3.8, 4) is 0 Å². The van der Waals surface area contributed by atoms with E-state index < -0.39 is 11.6 Å². The minimum Gasteiger partial charge on any atom is -0.479 e. The number of carboxylic acid groups (broad SMARTS) is 1. The SMILES string of the molecule is CCC(O)(C(=O)O)C1CCCC(C(C)C)CC1. The van der Waals surface area contributed by atoms with Crippen LogP contribution < -0.4 is 0 Å². The van der Waals surface area contributed by atoms with Crippen LogP contribution in [0, 0.1) is 17.8 Å². The normalized spacial score (nSPS) is 29.7. The fraction of sp³-hybridized carbons (Fsp3) is 0.929. The van der Waals surface area contributed by atoms with Crippen molar-refractivity contribution >= 4 is 5.97 Å². The molecule has 2 N–H and O–H groups in total. The highest BCUT2D eigenvalue weighted by Gasteiger charge is 2.42. The molecule has 0 aromatic carbocycles. The van der Waals surface area contributed by atoms with E-state index in [1.54, 1.807) is 6.92 Å². The second-order valence-corrected chi connectivity index (χ2v) is 5.79. The first kappa shape index (κ1) is 14.5. The number of aliphatic hydroxyl groups is 1. The summed E-state index contributed by atoms with van der Waals surface area (Å²) in [4.78, 5) is 11.2. The average molecular weight is 242 g/mol. The number of hydrogen-bond acceptors (Lipinski definition) is 2. The quantitative estimate of drug-likeness (QED) is 0.745. The summed E-state index contributed by atoms with van der Waals surface area (Å²) in [5.41, 5.74) is -1.51. The first-order valence-corrected chi connectivity index (χ1v) is 6.87. The molecule has 0 saturated heterocycles. The molecule has 1 fully saturated rings. The highest BCUT2D eigenvalue weighted by atomic mass is 16.4. The van der Waals surface area contributed by atoms with Gasteiger partial charge in [-0.05, 0) is 43.4 Å². The fourth-order valence-corrected chi connectivity index (χ4v) is 3.09. The Labute approximate surface area is 104 Å². The van der Waals surface area contributed by atoms with Crippen molar-refractivity contribution in [2.24, 2.45) is 17.8 Å². The topological polar surface area (TPSA) is 57.5 Å². The van der Waals surface area contributed by atoms with Crippen LogP contribution in [-0.2, 0) is 4.79 Å². The van der Waals surface area contributed by atoms with Gasteiger partial charge in [-0.2, -0.15) is 0 Å². The summed E-state index contributed by atoms with van der Waals surface area (Å²) in [6.07, 6.45) is 5.27. The van der Waals surface area contributed by atoms with Gasteiger partial charge in [0.25, 0.3) is 0 Å². The minimum absolute atomic E-state index is 0.0752. The summed E-state index contributed by atoms with van der Waals surface area (Å²) in [6.45, 7) is 6.22. The van der Waals surface area contributed by atoms with Crippen molar-refractivity contribution in [2.75, 3.05) is 0 Å². The first-order valence-electron chi connectivity index (χ1n) is 6.87. The van der Waals surface area contributed by atoms with Crippen molar-refractivity contribution in [3.63, 3.8) is 0 Å². The molecule has 0 spiro atoms. The van der Waals surface area contributed by atoms with Gasteiger partial charge in [-0.25, -0.2) is 4.79 Å². The van der Waals surface area contributed by atoms with Crippen LogP contribution >= 0.6 is 0 Å². The summed E-state index contributed by atoms with van der Waals surface area (Å²) in [6, 6.07) is 0. The van der Waals surface area contributed by atoms with Gasteiger partial charge < -0.3 is 10.2 Å². The molecule has 3 unspecified atom stereocenters. The molecular weight excluding hydrogens is 216 g/mol. The number of carbonyl (C=O) groups is 1. The van der Waals surface area contributed by atoms with E-state index in [0.717, 1.165) is 25.7 Å². The molecule has 1 aliphatic carbocycles. The Hall–Kier alpha value is -0.570. The maximum atomic E-state index is 11.2. The van der Waals surface area contributed by atoms with Gasteiger partial charge in [-0.3, -0.25) is 0 Å². The lowest BCUT2D eigenvalue weighted by molar-refractivity contribution is -0.166. The van der Waals surface area contributed by atoms with Gasteiger partial charge >= 0.3 is 5.97 Å². The van der Waals surface area contributed by atoms with Gasteiger partial charge in [0.15, 0.2) is 5.60 Å². The molecule has 0 radical (unpaired) electrons. The Morgan fingerprint density at radius 2 is 1.94 bits per heavy atom. The van der Waals surface area contributed by atoms with E-state index in [4.69, 9.17) is 0 Å². The van der Waals surface area contributed by atoms with Crippen LogP contribution in [0.5, 0.6) is 0 Å². The van der Waals surface area contributed by atoms with E-state index in [0.29, 0.717) is 18.3 Å². The van der Waals surface area contributed by atoms with Crippen LogP contribution in [0.3, 0.4) is 0 Å². The van der Waals surface area contributed by atoms with Crippen molar-refractivity contribution in [1.29, 1.82) is 0 Å². The van der Waals surface area contributed by atoms with Crippen LogP contribution in [0.2, 0.25) is 0 Å². The number of hydrogen-bond donors (Lipinski definition) is 2. The molecule has 3 heteroatoms. The van der Waals surface area contributed by atoms with Crippen molar-refractivity contribution in [3.05, 3.63) is 0 Å². The number of rotatable bonds is 4. The predicted molar refractivity (Wildman–Crippen MR) is 67.8 cm³/mol. The Bertz CT molecular complexity index is 262. The van der Waals surface area contributed by atoms with Crippen molar-refractivity contribution in [1.82, 2.24) is 0 Å². The molecule has 3 nitrogen and oxygen atoms in total. The molecule has 1 rings (SSSR count). The second kappa shape index (κ2) is 5.85. The lowest BCUT2D eigenvalue weighted by Crippen LogP contribution is -2.45. The third-order valence-corrected chi connectivity index (χ3v) is 4.54. The molecule has 1 saturated carbocycles. The highest BCUT2D eigenvalue weighted by molar-refractivity contribution is 5.77. The van der Waals surface area contributed by atoms with Crippen LogP contribution in [0.4, 0.5) is 0 Å². The molecule has 0 amide bonds. The molecular formula is C14H26O3. The lowest BCUT2D eigenvalue weighted by Gasteiger charge is -2.31. The fourth-order valence-electron chi connectivity index (χ4n) is 3.09. The molecule has 3 atom stereocenters. The highest BCUT2D eigenvalue weighted by Crippen LogP contribution is 2.38. The first-order chi connectivity index (χ1) is 7.91. The summed E-state index contributed by atoms with van der Waals surface area (Å²) < 4.78 is 0. The smallest absolute Gasteiger partial charge is 0.335 e. The van der Waals surface area contributed by atoms with Crippen LogP contribution in [0.25, 0.3) is 0 Å². The van der Waals surface area contributed by atoms with Gasteiger partial charge in [-0.15, -0.1) is 0 Å². The standard InChI is InChI=1S/C14H26O3/c1-4-14(17,13(15)16)12-7-5-6-11(8-9-12)10(2)3/h10-12,17H,4-9H2,1-3H3,(H,15,16). The maximum absolute atomic E-state index is 11.2. The number of aliphatic carboxylic acids is 1. The predicted octanol–water partition coefficient (Wildman–Crippen LogP) is 3.06. The Morgan fingerprint density at radius 3 is 2.41 bits per heavy atom. The van der Waals surface area contributed by atoms with Gasteiger partial charge in [0.2, 0.25) is 0 Å². The van der Waals surface area contributed by atoms with Crippen molar-refractivity contribution in [2.45, 2.75) is 64.9 Å². The van der Waals surface area contributed by atoms with E-state index in [1.807, 2.05) is 0 Å². The maximum Gasteiger partial charge on any atom is 0.335 e. The van der Waals surface area contributed by atoms with Crippen LogP contribution in [0.15, 0.2) is 0 Å². The summed E-state index contributed by atoms with van der Waals surface area (Å²) in [5.74, 6) is 0.227. The monoisotopic (exact) mass is 242 g/mol.